The number of benzene rings is 1. The maximum Gasteiger partial charge on any atom is 0.0426 e. The second-order valence-electron chi connectivity index (χ2n) is 6.69. The lowest BCUT2D eigenvalue weighted by Crippen LogP contribution is -2.51. The Morgan fingerprint density at radius 3 is 2.32 bits per heavy atom. The molecule has 0 bridgehead atoms. The van der Waals surface area contributed by atoms with Crippen LogP contribution >= 0.6 is 0 Å². The van der Waals surface area contributed by atoms with Crippen molar-refractivity contribution in [2.45, 2.75) is 53.0 Å². The first-order chi connectivity index (χ1) is 8.89. The van der Waals surface area contributed by atoms with Crippen LogP contribution in [0.25, 0.3) is 0 Å². The maximum absolute atomic E-state index is 3.67. The average Bonchev–Trinajstić information content (AvgIpc) is 2.23. The highest BCUT2D eigenvalue weighted by Gasteiger charge is 2.24. The van der Waals surface area contributed by atoms with E-state index in [4.69, 9.17) is 0 Å². The Morgan fingerprint density at radius 1 is 1.05 bits per heavy atom. The molecular formula is C17H28N2. The fourth-order valence-electron chi connectivity index (χ4n) is 3.33. The van der Waals surface area contributed by atoms with E-state index in [9.17, 15) is 0 Å². The van der Waals surface area contributed by atoms with Crippen LogP contribution in [0.1, 0.15) is 43.4 Å². The molecule has 1 aliphatic rings. The van der Waals surface area contributed by atoms with Gasteiger partial charge in [-0.15, -0.1) is 0 Å². The summed E-state index contributed by atoms with van der Waals surface area (Å²) in [5, 5.41) is 3.67. The van der Waals surface area contributed by atoms with Crippen molar-refractivity contribution in [2.24, 2.45) is 0 Å². The van der Waals surface area contributed by atoms with Gasteiger partial charge < -0.3 is 10.2 Å². The molecule has 0 amide bonds. The van der Waals surface area contributed by atoms with E-state index < -0.39 is 0 Å². The van der Waals surface area contributed by atoms with Crippen molar-refractivity contribution < 1.29 is 0 Å². The fourth-order valence-corrected chi connectivity index (χ4v) is 3.33. The first-order valence-electron chi connectivity index (χ1n) is 7.47. The third kappa shape index (κ3) is 3.50. The van der Waals surface area contributed by atoms with Crippen molar-refractivity contribution in [3.8, 4) is 0 Å². The summed E-state index contributed by atoms with van der Waals surface area (Å²) in [7, 11) is 0. The van der Waals surface area contributed by atoms with Gasteiger partial charge in [0.25, 0.3) is 0 Å². The molecule has 0 radical (unpaired) electrons. The van der Waals surface area contributed by atoms with Gasteiger partial charge in [0.05, 0.1) is 0 Å². The minimum Gasteiger partial charge on any atom is -0.369 e. The molecule has 106 valence electrons. The molecule has 1 aliphatic heterocycles. The van der Waals surface area contributed by atoms with E-state index in [2.05, 4.69) is 57.0 Å². The Balaban J connectivity index is 2.33. The third-order valence-corrected chi connectivity index (χ3v) is 4.00. The number of nitrogens with zero attached hydrogens (tertiary/aromatic N) is 1. The van der Waals surface area contributed by atoms with E-state index in [1.165, 1.54) is 41.8 Å². The predicted octanol–water partition coefficient (Wildman–Crippen LogP) is 3.58. The maximum atomic E-state index is 3.67. The van der Waals surface area contributed by atoms with Crippen LogP contribution in [0.4, 0.5) is 5.69 Å². The normalized spacial score (nSPS) is 19.9. The van der Waals surface area contributed by atoms with Gasteiger partial charge in [0, 0.05) is 24.3 Å². The lowest BCUT2D eigenvalue weighted by molar-refractivity contribution is 0.363. The van der Waals surface area contributed by atoms with E-state index >= 15 is 0 Å². The summed E-state index contributed by atoms with van der Waals surface area (Å²) in [6.07, 6.45) is 2.54. The van der Waals surface area contributed by atoms with E-state index in [-0.39, 0.29) is 5.54 Å². The van der Waals surface area contributed by atoms with Crippen LogP contribution in [0.3, 0.4) is 0 Å². The van der Waals surface area contributed by atoms with E-state index in [0.29, 0.717) is 0 Å². The molecule has 2 heteroatoms. The number of hydrogen-bond donors (Lipinski definition) is 1. The molecular weight excluding hydrogens is 232 g/mol. The van der Waals surface area contributed by atoms with Crippen molar-refractivity contribution in [3.63, 3.8) is 0 Å². The second-order valence-corrected chi connectivity index (χ2v) is 6.69. The summed E-state index contributed by atoms with van der Waals surface area (Å²) < 4.78 is 0. The molecule has 1 heterocycles. The molecule has 19 heavy (non-hydrogen) atoms. The molecule has 0 aromatic heterocycles. The van der Waals surface area contributed by atoms with Crippen molar-refractivity contribution >= 4 is 5.69 Å². The SMILES string of the molecule is Cc1cc(C)c(N2CCCCNC(C)(C)C2)c(C)c1. The van der Waals surface area contributed by atoms with Gasteiger partial charge in [-0.25, -0.2) is 0 Å². The van der Waals surface area contributed by atoms with Gasteiger partial charge in [-0.05, 0) is 65.1 Å². The molecule has 0 unspecified atom stereocenters. The molecule has 0 aliphatic carbocycles. The zero-order chi connectivity index (χ0) is 14.0. The molecule has 2 nitrogen and oxygen atoms in total. The van der Waals surface area contributed by atoms with Crippen molar-refractivity contribution in [1.82, 2.24) is 5.32 Å². The summed E-state index contributed by atoms with van der Waals surface area (Å²) in [6.45, 7) is 14.7. The van der Waals surface area contributed by atoms with Crippen LogP contribution in [0, 0.1) is 20.8 Å². The first kappa shape index (κ1) is 14.4. The molecule has 1 fully saturated rings. The highest BCUT2D eigenvalue weighted by Crippen LogP contribution is 2.28. The molecule has 0 saturated carbocycles. The van der Waals surface area contributed by atoms with Crippen molar-refractivity contribution in [2.75, 3.05) is 24.5 Å². The Labute approximate surface area is 118 Å². The highest BCUT2D eigenvalue weighted by atomic mass is 15.2. The van der Waals surface area contributed by atoms with Gasteiger partial charge >= 0.3 is 0 Å². The molecule has 1 saturated heterocycles. The molecule has 1 N–H and O–H groups in total. The molecule has 1 aromatic rings. The summed E-state index contributed by atoms with van der Waals surface area (Å²) in [5.74, 6) is 0. The number of nitrogens with one attached hydrogen (secondary N) is 1. The van der Waals surface area contributed by atoms with Crippen LogP contribution in [0.5, 0.6) is 0 Å². The van der Waals surface area contributed by atoms with Crippen LogP contribution < -0.4 is 10.2 Å². The lowest BCUT2D eigenvalue weighted by atomic mass is 9.98. The molecule has 2 rings (SSSR count). The fraction of sp³-hybridized carbons (Fsp3) is 0.647. The van der Waals surface area contributed by atoms with Crippen molar-refractivity contribution in [1.29, 1.82) is 0 Å². The molecule has 1 aromatic carbocycles. The van der Waals surface area contributed by atoms with E-state index in [0.717, 1.165) is 13.1 Å². The Hall–Kier alpha value is -1.02. The Morgan fingerprint density at radius 2 is 1.68 bits per heavy atom. The quantitative estimate of drug-likeness (QED) is 0.830. The van der Waals surface area contributed by atoms with Gasteiger partial charge in [-0.2, -0.15) is 0 Å². The minimum absolute atomic E-state index is 0.185. The second kappa shape index (κ2) is 5.54. The zero-order valence-electron chi connectivity index (χ0n) is 13.1. The molecule has 0 spiro atoms. The van der Waals surface area contributed by atoms with Crippen LogP contribution in [0.2, 0.25) is 0 Å². The van der Waals surface area contributed by atoms with Gasteiger partial charge in [0.15, 0.2) is 0 Å². The number of aryl methyl sites for hydroxylation is 3. The Bertz CT molecular complexity index is 426. The lowest BCUT2D eigenvalue weighted by Gasteiger charge is -2.38. The van der Waals surface area contributed by atoms with E-state index in [1.807, 2.05) is 0 Å². The van der Waals surface area contributed by atoms with Crippen molar-refractivity contribution in [3.05, 3.63) is 28.8 Å². The highest BCUT2D eigenvalue weighted by molar-refractivity contribution is 5.60. The summed E-state index contributed by atoms with van der Waals surface area (Å²) in [4.78, 5) is 2.58. The smallest absolute Gasteiger partial charge is 0.0426 e. The summed E-state index contributed by atoms with van der Waals surface area (Å²) in [5.41, 5.74) is 5.82. The van der Waals surface area contributed by atoms with E-state index in [1.54, 1.807) is 0 Å². The number of hydrogen-bond acceptors (Lipinski definition) is 2. The van der Waals surface area contributed by atoms with Crippen LogP contribution in [-0.4, -0.2) is 25.2 Å². The predicted molar refractivity (Wildman–Crippen MR) is 84.2 cm³/mol. The summed E-state index contributed by atoms with van der Waals surface area (Å²) >= 11 is 0. The van der Waals surface area contributed by atoms with Gasteiger partial charge in [0.2, 0.25) is 0 Å². The van der Waals surface area contributed by atoms with Gasteiger partial charge in [0.1, 0.15) is 0 Å². The Kier molecular flexibility index (Phi) is 4.19. The first-order valence-corrected chi connectivity index (χ1v) is 7.47. The largest absolute Gasteiger partial charge is 0.369 e. The van der Waals surface area contributed by atoms with Crippen LogP contribution in [-0.2, 0) is 0 Å². The van der Waals surface area contributed by atoms with Gasteiger partial charge in [-0.1, -0.05) is 17.7 Å². The zero-order valence-corrected chi connectivity index (χ0v) is 13.1. The van der Waals surface area contributed by atoms with Gasteiger partial charge in [-0.3, -0.25) is 0 Å². The topological polar surface area (TPSA) is 15.3 Å². The summed E-state index contributed by atoms with van der Waals surface area (Å²) in [6, 6.07) is 4.61. The molecule has 0 atom stereocenters. The monoisotopic (exact) mass is 260 g/mol. The number of anilines is 1. The average molecular weight is 260 g/mol. The minimum atomic E-state index is 0.185. The van der Waals surface area contributed by atoms with Crippen LogP contribution in [0.15, 0.2) is 12.1 Å². The third-order valence-electron chi connectivity index (χ3n) is 4.00. The standard InChI is InChI=1S/C17H28N2/c1-13-10-14(2)16(15(3)11-13)19-9-7-6-8-18-17(4,5)12-19/h10-11,18H,6-9,12H2,1-5H3. The number of rotatable bonds is 1.